The molecular weight excluding hydrogens is 416 g/mol. The number of anilines is 2. The maximum Gasteiger partial charge on any atom is 0.341 e. The van der Waals surface area contributed by atoms with E-state index in [0.717, 1.165) is 24.7 Å². The number of rotatable bonds is 5. The quantitative estimate of drug-likeness (QED) is 0.493. The monoisotopic (exact) mass is 434 g/mol. The fourth-order valence-electron chi connectivity index (χ4n) is 3.69. The van der Waals surface area contributed by atoms with Crippen molar-refractivity contribution < 1.29 is 9.90 Å². The van der Waals surface area contributed by atoms with Crippen LogP contribution in [0.25, 0.3) is 16.2 Å². The van der Waals surface area contributed by atoms with Crippen molar-refractivity contribution in [1.29, 1.82) is 0 Å². The van der Waals surface area contributed by atoms with Crippen LogP contribution in [0.2, 0.25) is 0 Å². The predicted molar refractivity (Wildman–Crippen MR) is 119 cm³/mol. The standard InChI is InChI=1S/C21H18N6O3S/c1-12-8-16(26-9-13(10-26)24-15-4-2-3-5-22-15)25-19-17(12)18(28)14(20(29)30)11-27(19)21-23-6-7-31-21/h2-8,11,13H,9-10H2,1H3,(H,22,24)(H,29,30). The SMILES string of the molecule is Cc1cc(N2CC(Nc3ccccn3)C2)nc2c1c(=O)c(C(=O)O)cn2-c1nccs1. The number of fused-ring (bicyclic) bond motifs is 1. The van der Waals surface area contributed by atoms with Gasteiger partial charge in [0.25, 0.3) is 0 Å². The van der Waals surface area contributed by atoms with Gasteiger partial charge in [-0.25, -0.2) is 19.7 Å². The van der Waals surface area contributed by atoms with Crippen LogP contribution in [-0.4, -0.2) is 49.7 Å². The van der Waals surface area contributed by atoms with Crippen molar-refractivity contribution >= 4 is 40.0 Å². The second-order valence-electron chi connectivity index (χ2n) is 7.32. The van der Waals surface area contributed by atoms with E-state index in [1.807, 2.05) is 24.3 Å². The summed E-state index contributed by atoms with van der Waals surface area (Å²) in [7, 11) is 0. The number of carboxylic acid groups (broad SMARTS) is 1. The lowest BCUT2D eigenvalue weighted by Gasteiger charge is -2.40. The zero-order valence-electron chi connectivity index (χ0n) is 16.5. The number of nitrogens with one attached hydrogen (secondary N) is 1. The minimum atomic E-state index is -1.27. The van der Waals surface area contributed by atoms with Crippen LogP contribution in [0.3, 0.4) is 0 Å². The Morgan fingerprint density at radius 2 is 2.10 bits per heavy atom. The lowest BCUT2D eigenvalue weighted by atomic mass is 10.1. The molecule has 4 aromatic heterocycles. The van der Waals surface area contributed by atoms with Gasteiger partial charge in [-0.1, -0.05) is 6.07 Å². The number of pyridine rings is 3. The summed E-state index contributed by atoms with van der Waals surface area (Å²) >= 11 is 1.34. The van der Waals surface area contributed by atoms with E-state index in [-0.39, 0.29) is 11.6 Å². The second-order valence-corrected chi connectivity index (χ2v) is 8.19. The molecule has 1 aliphatic rings. The van der Waals surface area contributed by atoms with Crippen LogP contribution in [0.4, 0.5) is 11.6 Å². The molecule has 0 saturated carbocycles. The van der Waals surface area contributed by atoms with Gasteiger partial charge in [0.2, 0.25) is 5.43 Å². The van der Waals surface area contributed by atoms with Gasteiger partial charge in [0.15, 0.2) is 10.8 Å². The second kappa shape index (κ2) is 7.47. The highest BCUT2D eigenvalue weighted by Gasteiger charge is 2.29. The summed E-state index contributed by atoms with van der Waals surface area (Å²) in [5, 5.41) is 15.5. The number of hydrogen-bond acceptors (Lipinski definition) is 8. The van der Waals surface area contributed by atoms with Gasteiger partial charge in [-0.2, -0.15) is 0 Å². The molecule has 10 heteroatoms. The Morgan fingerprint density at radius 1 is 1.26 bits per heavy atom. The van der Waals surface area contributed by atoms with E-state index in [4.69, 9.17) is 4.98 Å². The van der Waals surface area contributed by atoms with Crippen LogP contribution in [-0.2, 0) is 0 Å². The van der Waals surface area contributed by atoms with Crippen molar-refractivity contribution in [2.45, 2.75) is 13.0 Å². The van der Waals surface area contributed by atoms with Gasteiger partial charge >= 0.3 is 5.97 Å². The lowest BCUT2D eigenvalue weighted by molar-refractivity contribution is 0.0695. The number of nitrogens with zero attached hydrogens (tertiary/aromatic N) is 5. The Morgan fingerprint density at radius 3 is 2.77 bits per heavy atom. The Bertz CT molecular complexity index is 1330. The number of carbonyl (C=O) groups is 1. The minimum absolute atomic E-state index is 0.239. The molecule has 1 aliphatic heterocycles. The van der Waals surface area contributed by atoms with Crippen molar-refractivity contribution in [3.05, 3.63) is 69.6 Å². The van der Waals surface area contributed by atoms with E-state index in [1.54, 1.807) is 29.3 Å². The normalized spacial score (nSPS) is 13.9. The van der Waals surface area contributed by atoms with Crippen molar-refractivity contribution in [2.75, 3.05) is 23.3 Å². The molecule has 1 saturated heterocycles. The number of hydrogen-bond donors (Lipinski definition) is 2. The summed E-state index contributed by atoms with van der Waals surface area (Å²) in [6, 6.07) is 7.80. The van der Waals surface area contributed by atoms with Crippen molar-refractivity contribution in [2.24, 2.45) is 0 Å². The first-order valence-electron chi connectivity index (χ1n) is 9.64. The van der Waals surface area contributed by atoms with Crippen LogP contribution >= 0.6 is 11.3 Å². The summed E-state index contributed by atoms with van der Waals surface area (Å²) < 4.78 is 1.59. The lowest BCUT2D eigenvalue weighted by Crippen LogP contribution is -2.55. The Balaban J connectivity index is 1.53. The van der Waals surface area contributed by atoms with Crippen LogP contribution in [0.1, 0.15) is 15.9 Å². The molecule has 0 amide bonds. The van der Waals surface area contributed by atoms with Gasteiger partial charge in [0, 0.05) is 37.1 Å². The summed E-state index contributed by atoms with van der Waals surface area (Å²) in [4.78, 5) is 39.9. The molecule has 5 heterocycles. The molecule has 0 radical (unpaired) electrons. The maximum absolute atomic E-state index is 12.9. The molecular formula is C21H18N6O3S. The highest BCUT2D eigenvalue weighted by molar-refractivity contribution is 7.12. The molecule has 0 bridgehead atoms. The summed E-state index contributed by atoms with van der Waals surface area (Å²) in [6.45, 7) is 3.28. The van der Waals surface area contributed by atoms with Crippen LogP contribution in [0.15, 0.2) is 53.0 Å². The number of carboxylic acids is 1. The van der Waals surface area contributed by atoms with E-state index < -0.39 is 11.4 Å². The predicted octanol–water partition coefficient (Wildman–Crippen LogP) is 2.54. The third kappa shape index (κ3) is 3.40. The highest BCUT2D eigenvalue weighted by atomic mass is 32.1. The number of aromatic nitrogens is 4. The summed E-state index contributed by atoms with van der Waals surface area (Å²) in [5.41, 5.74) is 0.245. The molecule has 0 aromatic carbocycles. The van der Waals surface area contributed by atoms with Crippen molar-refractivity contribution in [1.82, 2.24) is 19.5 Å². The molecule has 4 aromatic rings. The van der Waals surface area contributed by atoms with Crippen molar-refractivity contribution in [3.8, 4) is 5.13 Å². The molecule has 0 atom stereocenters. The molecule has 0 spiro atoms. The first-order valence-corrected chi connectivity index (χ1v) is 10.5. The molecule has 31 heavy (non-hydrogen) atoms. The van der Waals surface area contributed by atoms with E-state index >= 15 is 0 Å². The fourth-order valence-corrected chi connectivity index (χ4v) is 4.30. The smallest absolute Gasteiger partial charge is 0.341 e. The zero-order chi connectivity index (χ0) is 21.5. The number of aromatic carboxylic acids is 1. The van der Waals surface area contributed by atoms with Crippen LogP contribution in [0.5, 0.6) is 0 Å². The molecule has 0 aliphatic carbocycles. The van der Waals surface area contributed by atoms with Crippen LogP contribution in [0, 0.1) is 6.92 Å². The molecule has 9 nitrogen and oxygen atoms in total. The first kappa shape index (κ1) is 19.2. The van der Waals surface area contributed by atoms with Gasteiger partial charge < -0.3 is 15.3 Å². The van der Waals surface area contributed by atoms with Gasteiger partial charge in [-0.05, 0) is 30.7 Å². The summed E-state index contributed by atoms with van der Waals surface area (Å²) in [6.07, 6.45) is 4.68. The van der Waals surface area contributed by atoms with E-state index in [2.05, 4.69) is 20.2 Å². The third-order valence-electron chi connectivity index (χ3n) is 5.22. The van der Waals surface area contributed by atoms with Gasteiger partial charge in [0.05, 0.1) is 11.4 Å². The maximum atomic E-state index is 12.9. The van der Waals surface area contributed by atoms with Crippen molar-refractivity contribution in [3.63, 3.8) is 0 Å². The fraction of sp³-hybridized carbons (Fsp3) is 0.190. The highest BCUT2D eigenvalue weighted by Crippen LogP contribution is 2.27. The topological polar surface area (TPSA) is 113 Å². The van der Waals surface area contributed by atoms with E-state index in [1.165, 1.54) is 17.5 Å². The zero-order valence-corrected chi connectivity index (χ0v) is 17.3. The Kier molecular flexibility index (Phi) is 4.63. The summed E-state index contributed by atoms with van der Waals surface area (Å²) in [5.74, 6) is 0.289. The van der Waals surface area contributed by atoms with E-state index in [9.17, 15) is 14.7 Å². The molecule has 5 rings (SSSR count). The Labute approximate surface area is 180 Å². The molecule has 1 fully saturated rings. The van der Waals surface area contributed by atoms with Gasteiger partial charge in [-0.3, -0.25) is 9.36 Å². The van der Waals surface area contributed by atoms with Gasteiger partial charge in [0.1, 0.15) is 17.2 Å². The third-order valence-corrected chi connectivity index (χ3v) is 5.99. The average molecular weight is 434 g/mol. The number of thiazole rings is 1. The average Bonchev–Trinajstić information content (AvgIpc) is 3.25. The number of aryl methyl sites for hydroxylation is 1. The first-order chi connectivity index (χ1) is 15.0. The van der Waals surface area contributed by atoms with Crippen LogP contribution < -0.4 is 15.6 Å². The molecule has 2 N–H and O–H groups in total. The molecule has 156 valence electrons. The minimum Gasteiger partial charge on any atom is -0.477 e. The largest absolute Gasteiger partial charge is 0.477 e. The molecule has 0 unspecified atom stereocenters. The Hall–Kier alpha value is -3.79. The van der Waals surface area contributed by atoms with Gasteiger partial charge in [-0.15, -0.1) is 11.3 Å². The van der Waals surface area contributed by atoms with E-state index in [0.29, 0.717) is 21.7 Å².